The zero-order valence-electron chi connectivity index (χ0n) is 12.3. The van der Waals surface area contributed by atoms with Gasteiger partial charge in [0.15, 0.2) is 5.78 Å². The highest BCUT2D eigenvalue weighted by atomic mass is 16.1. The third-order valence-electron chi connectivity index (χ3n) is 3.79. The molecule has 1 heteroatoms. The van der Waals surface area contributed by atoms with Crippen molar-refractivity contribution >= 4 is 5.78 Å². The largest absolute Gasteiger partial charge is 0.289 e. The molecule has 19 heavy (non-hydrogen) atoms. The molecule has 2 aromatic carbocycles. The van der Waals surface area contributed by atoms with E-state index in [4.69, 9.17) is 0 Å². The summed E-state index contributed by atoms with van der Waals surface area (Å²) in [4.78, 5) is 12.8. The predicted octanol–water partition coefficient (Wildman–Crippen LogP) is 4.46. The molecule has 2 aromatic rings. The minimum absolute atomic E-state index is 0.135. The minimum atomic E-state index is 0.135. The van der Waals surface area contributed by atoms with Crippen molar-refractivity contribution in [1.82, 2.24) is 0 Å². The second-order valence-corrected chi connectivity index (χ2v) is 5.35. The van der Waals surface area contributed by atoms with Crippen molar-refractivity contribution in [1.29, 1.82) is 0 Å². The zero-order chi connectivity index (χ0) is 14.2. The van der Waals surface area contributed by atoms with E-state index in [0.717, 1.165) is 27.8 Å². The third-order valence-corrected chi connectivity index (χ3v) is 3.79. The van der Waals surface area contributed by atoms with E-state index in [9.17, 15) is 4.79 Å². The molecule has 0 radical (unpaired) electrons. The molecule has 0 bridgehead atoms. The molecule has 0 aromatic heterocycles. The highest BCUT2D eigenvalue weighted by Gasteiger charge is 2.16. The van der Waals surface area contributed by atoms with Crippen LogP contribution in [0.1, 0.15) is 43.7 Å². The lowest BCUT2D eigenvalue weighted by Crippen LogP contribution is -2.08. The summed E-state index contributed by atoms with van der Waals surface area (Å²) in [7, 11) is 0. The van der Waals surface area contributed by atoms with Crippen molar-refractivity contribution < 1.29 is 4.79 Å². The fourth-order valence-corrected chi connectivity index (χ4v) is 2.51. The van der Waals surface area contributed by atoms with E-state index in [1.165, 1.54) is 11.1 Å². The van der Waals surface area contributed by atoms with E-state index in [1.54, 1.807) is 0 Å². The molecular formula is C18H20O. The van der Waals surface area contributed by atoms with Gasteiger partial charge in [-0.2, -0.15) is 0 Å². The van der Waals surface area contributed by atoms with Gasteiger partial charge in [-0.1, -0.05) is 24.3 Å². The highest BCUT2D eigenvalue weighted by molar-refractivity contribution is 6.11. The molecule has 0 heterocycles. The summed E-state index contributed by atoms with van der Waals surface area (Å²) in [6.45, 7) is 10.1. The maximum absolute atomic E-state index is 12.8. The van der Waals surface area contributed by atoms with Gasteiger partial charge in [-0.05, 0) is 68.5 Å². The van der Waals surface area contributed by atoms with Gasteiger partial charge in [0.2, 0.25) is 0 Å². The summed E-state index contributed by atoms with van der Waals surface area (Å²) >= 11 is 0. The first-order chi connectivity index (χ1) is 8.91. The summed E-state index contributed by atoms with van der Waals surface area (Å²) in [5.74, 6) is 0.135. The van der Waals surface area contributed by atoms with Gasteiger partial charge in [-0.25, -0.2) is 0 Å². The van der Waals surface area contributed by atoms with Crippen LogP contribution in [0.3, 0.4) is 0 Å². The van der Waals surface area contributed by atoms with Gasteiger partial charge < -0.3 is 0 Å². The normalized spacial score (nSPS) is 10.6. The fraction of sp³-hybridized carbons (Fsp3) is 0.278. The maximum Gasteiger partial charge on any atom is 0.193 e. The Morgan fingerprint density at radius 1 is 0.737 bits per heavy atom. The Hall–Kier alpha value is -1.89. The molecule has 1 nitrogen and oxygen atoms in total. The lowest BCUT2D eigenvalue weighted by atomic mass is 9.91. The molecule has 0 atom stereocenters. The molecule has 98 valence electrons. The Morgan fingerprint density at radius 3 is 1.84 bits per heavy atom. The van der Waals surface area contributed by atoms with Crippen LogP contribution in [0, 0.1) is 34.6 Å². The Morgan fingerprint density at radius 2 is 1.26 bits per heavy atom. The number of benzene rings is 2. The molecule has 0 unspecified atom stereocenters. The van der Waals surface area contributed by atoms with E-state index in [1.807, 2.05) is 45.0 Å². The van der Waals surface area contributed by atoms with Crippen molar-refractivity contribution in [2.75, 3.05) is 0 Å². The average Bonchev–Trinajstić information content (AvgIpc) is 2.33. The third kappa shape index (κ3) is 2.46. The molecule has 0 saturated heterocycles. The minimum Gasteiger partial charge on any atom is -0.289 e. The molecule has 0 amide bonds. The van der Waals surface area contributed by atoms with Gasteiger partial charge in [-0.3, -0.25) is 4.79 Å². The number of hydrogen-bond acceptors (Lipinski definition) is 1. The summed E-state index contributed by atoms with van der Waals surface area (Å²) in [5.41, 5.74) is 7.20. The van der Waals surface area contributed by atoms with Crippen LogP contribution >= 0.6 is 0 Å². The predicted molar refractivity (Wildman–Crippen MR) is 80.0 cm³/mol. The van der Waals surface area contributed by atoms with Crippen LogP contribution in [0.4, 0.5) is 0 Å². The smallest absolute Gasteiger partial charge is 0.193 e. The van der Waals surface area contributed by atoms with Crippen LogP contribution in [0.2, 0.25) is 0 Å². The van der Waals surface area contributed by atoms with Crippen LogP contribution < -0.4 is 0 Å². The molecular weight excluding hydrogens is 232 g/mol. The van der Waals surface area contributed by atoms with Crippen molar-refractivity contribution in [2.45, 2.75) is 34.6 Å². The Bertz CT molecular complexity index is 631. The first-order valence-electron chi connectivity index (χ1n) is 6.60. The van der Waals surface area contributed by atoms with Crippen molar-refractivity contribution in [2.24, 2.45) is 0 Å². The average molecular weight is 252 g/mol. The number of rotatable bonds is 2. The molecule has 0 aliphatic rings. The van der Waals surface area contributed by atoms with Gasteiger partial charge in [0.05, 0.1) is 0 Å². The van der Waals surface area contributed by atoms with Crippen LogP contribution in [-0.2, 0) is 0 Å². The van der Waals surface area contributed by atoms with E-state index >= 15 is 0 Å². The molecule has 0 aliphatic heterocycles. The maximum atomic E-state index is 12.8. The van der Waals surface area contributed by atoms with Gasteiger partial charge in [0, 0.05) is 11.1 Å². The Balaban J connectivity index is 2.60. The quantitative estimate of drug-likeness (QED) is 0.721. The summed E-state index contributed by atoms with van der Waals surface area (Å²) < 4.78 is 0. The second-order valence-electron chi connectivity index (χ2n) is 5.35. The first-order valence-corrected chi connectivity index (χ1v) is 6.60. The monoisotopic (exact) mass is 252 g/mol. The number of aryl methyl sites for hydroxylation is 5. The zero-order valence-corrected chi connectivity index (χ0v) is 12.3. The summed E-state index contributed by atoms with van der Waals surface area (Å²) in [5, 5.41) is 0. The van der Waals surface area contributed by atoms with Crippen molar-refractivity contribution in [3.63, 3.8) is 0 Å². The number of hydrogen-bond donors (Lipinski definition) is 0. The van der Waals surface area contributed by atoms with E-state index in [2.05, 4.69) is 19.9 Å². The van der Waals surface area contributed by atoms with E-state index in [0.29, 0.717) is 0 Å². The van der Waals surface area contributed by atoms with Crippen LogP contribution in [0.25, 0.3) is 0 Å². The van der Waals surface area contributed by atoms with Gasteiger partial charge in [-0.15, -0.1) is 0 Å². The Kier molecular flexibility index (Phi) is 3.57. The molecule has 2 rings (SSSR count). The highest BCUT2D eigenvalue weighted by Crippen LogP contribution is 2.22. The lowest BCUT2D eigenvalue weighted by molar-refractivity contribution is 0.103. The number of carbonyl (C=O) groups excluding carboxylic acids is 1. The summed E-state index contributed by atoms with van der Waals surface area (Å²) in [6.07, 6.45) is 0. The number of ketones is 1. The van der Waals surface area contributed by atoms with Crippen LogP contribution in [-0.4, -0.2) is 5.78 Å². The van der Waals surface area contributed by atoms with Crippen LogP contribution in [0.5, 0.6) is 0 Å². The van der Waals surface area contributed by atoms with Crippen molar-refractivity contribution in [3.8, 4) is 0 Å². The summed E-state index contributed by atoms with van der Waals surface area (Å²) in [6, 6.07) is 10.1. The molecule has 0 N–H and O–H groups in total. The topological polar surface area (TPSA) is 17.1 Å². The molecule has 0 saturated carbocycles. The number of carbonyl (C=O) groups is 1. The standard InChI is InChI=1S/C18H20O/c1-11-7-6-8-12(2)17(11)18(19)16-10-14(4)13(3)9-15(16)5/h6-10H,1-5H3. The van der Waals surface area contributed by atoms with Gasteiger partial charge in [0.25, 0.3) is 0 Å². The Labute approximate surface area is 115 Å². The molecule has 0 fully saturated rings. The second kappa shape index (κ2) is 5.00. The fourth-order valence-electron chi connectivity index (χ4n) is 2.51. The van der Waals surface area contributed by atoms with Crippen molar-refractivity contribution in [3.05, 3.63) is 69.3 Å². The molecule has 0 spiro atoms. The SMILES string of the molecule is Cc1cc(C)c(C(=O)c2c(C)cccc2C)cc1C. The van der Waals surface area contributed by atoms with Gasteiger partial charge in [0.1, 0.15) is 0 Å². The first kappa shape index (κ1) is 13.5. The van der Waals surface area contributed by atoms with Crippen LogP contribution in [0.15, 0.2) is 30.3 Å². The van der Waals surface area contributed by atoms with E-state index in [-0.39, 0.29) is 5.78 Å². The lowest BCUT2D eigenvalue weighted by Gasteiger charge is -2.12. The molecule has 0 aliphatic carbocycles. The van der Waals surface area contributed by atoms with Gasteiger partial charge >= 0.3 is 0 Å². The van der Waals surface area contributed by atoms with E-state index < -0.39 is 0 Å².